The van der Waals surface area contributed by atoms with E-state index in [-0.39, 0.29) is 11.3 Å². The lowest BCUT2D eigenvalue weighted by Crippen LogP contribution is -2.49. The fourth-order valence-corrected chi connectivity index (χ4v) is 3.14. The van der Waals surface area contributed by atoms with E-state index >= 15 is 0 Å². The molecule has 0 aromatic heterocycles. The van der Waals surface area contributed by atoms with Crippen molar-refractivity contribution in [3.8, 4) is 11.5 Å². The molecule has 0 amide bonds. The molecule has 0 atom stereocenters. The summed E-state index contributed by atoms with van der Waals surface area (Å²) < 4.78 is 34.8. The highest BCUT2D eigenvalue weighted by atomic mass is 19.3. The minimum atomic E-state index is -2.85. The maximum atomic E-state index is 12.5. The summed E-state index contributed by atoms with van der Waals surface area (Å²) in [5.74, 6) is 0.448. The molecule has 4 nitrogen and oxygen atoms in total. The van der Waals surface area contributed by atoms with E-state index in [2.05, 4.69) is 35.7 Å². The van der Waals surface area contributed by atoms with Gasteiger partial charge in [0.1, 0.15) is 0 Å². The van der Waals surface area contributed by atoms with Gasteiger partial charge >= 0.3 is 6.61 Å². The molecule has 142 valence electrons. The van der Waals surface area contributed by atoms with Crippen LogP contribution >= 0.6 is 0 Å². The average molecular weight is 356 g/mol. The zero-order chi connectivity index (χ0) is 18.4. The Hall–Kier alpha value is -1.40. The lowest BCUT2D eigenvalue weighted by atomic mass is 9.98. The molecule has 25 heavy (non-hydrogen) atoms. The second kappa shape index (κ2) is 8.81. The summed E-state index contributed by atoms with van der Waals surface area (Å²) in [6.07, 6.45) is 2.23. The molecule has 1 aromatic rings. The minimum absolute atomic E-state index is 0.0825. The van der Waals surface area contributed by atoms with Crippen LogP contribution in [0.5, 0.6) is 11.5 Å². The molecular weight excluding hydrogens is 326 g/mol. The Morgan fingerprint density at radius 3 is 2.44 bits per heavy atom. The first kappa shape index (κ1) is 19.9. The molecule has 2 rings (SSSR count). The number of rotatable bonds is 7. The van der Waals surface area contributed by atoms with E-state index in [9.17, 15) is 8.78 Å². The monoisotopic (exact) mass is 356 g/mol. The van der Waals surface area contributed by atoms with E-state index in [4.69, 9.17) is 4.74 Å². The van der Waals surface area contributed by atoms with Crippen LogP contribution in [-0.2, 0) is 6.54 Å². The number of benzene rings is 1. The first-order valence-corrected chi connectivity index (χ1v) is 8.98. The predicted molar refractivity (Wildman–Crippen MR) is 95.4 cm³/mol. The molecule has 1 fully saturated rings. The van der Waals surface area contributed by atoms with Crippen LogP contribution in [0.15, 0.2) is 18.2 Å². The largest absolute Gasteiger partial charge is 0.490 e. The van der Waals surface area contributed by atoms with E-state index < -0.39 is 6.61 Å². The van der Waals surface area contributed by atoms with Gasteiger partial charge in [-0.2, -0.15) is 8.78 Å². The minimum Gasteiger partial charge on any atom is -0.490 e. The fourth-order valence-electron chi connectivity index (χ4n) is 3.14. The molecule has 0 saturated carbocycles. The molecule has 0 radical (unpaired) electrons. The molecular formula is C19H30F2N2O2. The normalized spacial score (nSPS) is 17.1. The summed E-state index contributed by atoms with van der Waals surface area (Å²) in [5, 5.41) is 3.57. The molecule has 1 aliphatic heterocycles. The number of hydrogen-bond acceptors (Lipinski definition) is 4. The summed E-state index contributed by atoms with van der Waals surface area (Å²) in [7, 11) is 0. The standard InChI is InChI=1S/C19H30F2N2O2/c1-5-24-17-12-14(6-7-16(17)25-18(20)21)13-22-15-8-10-23(11-9-15)19(2,3)4/h6-7,12,15,18,22H,5,8-11,13H2,1-4H3. The van der Waals surface area contributed by atoms with Gasteiger partial charge in [0, 0.05) is 31.2 Å². The van der Waals surface area contributed by atoms with Gasteiger partial charge in [0.25, 0.3) is 0 Å². The predicted octanol–water partition coefficient (Wildman–Crippen LogP) is 4.04. The van der Waals surface area contributed by atoms with Crippen molar-refractivity contribution in [1.82, 2.24) is 10.2 Å². The number of hydrogen-bond donors (Lipinski definition) is 1. The van der Waals surface area contributed by atoms with Crippen LogP contribution in [0.2, 0.25) is 0 Å². The van der Waals surface area contributed by atoms with Gasteiger partial charge in [-0.15, -0.1) is 0 Å². The zero-order valence-corrected chi connectivity index (χ0v) is 15.6. The van der Waals surface area contributed by atoms with Gasteiger partial charge in [0.15, 0.2) is 11.5 Å². The fraction of sp³-hybridized carbons (Fsp3) is 0.684. The third-order valence-electron chi connectivity index (χ3n) is 4.56. The SMILES string of the molecule is CCOc1cc(CNC2CCN(C(C)(C)C)CC2)ccc1OC(F)F. The van der Waals surface area contributed by atoms with Gasteiger partial charge in [-0.1, -0.05) is 6.07 Å². The van der Waals surface area contributed by atoms with E-state index in [1.165, 1.54) is 0 Å². The van der Waals surface area contributed by atoms with Crippen molar-refractivity contribution in [1.29, 1.82) is 0 Å². The number of piperidine rings is 1. The number of halogens is 2. The van der Waals surface area contributed by atoms with Gasteiger partial charge < -0.3 is 14.8 Å². The lowest BCUT2D eigenvalue weighted by Gasteiger charge is -2.41. The van der Waals surface area contributed by atoms with Crippen molar-refractivity contribution in [2.75, 3.05) is 19.7 Å². The van der Waals surface area contributed by atoms with Gasteiger partial charge in [-0.25, -0.2) is 0 Å². The van der Waals surface area contributed by atoms with Gasteiger partial charge in [-0.3, -0.25) is 4.90 Å². The Morgan fingerprint density at radius 2 is 1.88 bits per heavy atom. The van der Waals surface area contributed by atoms with Crippen LogP contribution in [0.3, 0.4) is 0 Å². The summed E-state index contributed by atoms with van der Waals surface area (Å²) >= 11 is 0. The van der Waals surface area contributed by atoms with Crippen molar-refractivity contribution in [2.45, 2.75) is 65.3 Å². The third-order valence-corrected chi connectivity index (χ3v) is 4.56. The number of alkyl halides is 2. The first-order valence-electron chi connectivity index (χ1n) is 8.98. The van der Waals surface area contributed by atoms with Crippen LogP contribution in [0, 0.1) is 0 Å². The van der Waals surface area contributed by atoms with Crippen molar-refractivity contribution < 1.29 is 18.3 Å². The number of nitrogens with one attached hydrogen (secondary N) is 1. The molecule has 0 spiro atoms. The first-order chi connectivity index (χ1) is 11.8. The zero-order valence-electron chi connectivity index (χ0n) is 15.6. The van der Waals surface area contributed by atoms with Crippen LogP contribution in [0.1, 0.15) is 46.1 Å². The second-order valence-electron chi connectivity index (χ2n) is 7.41. The van der Waals surface area contributed by atoms with Gasteiger partial charge in [-0.05, 0) is 58.2 Å². The maximum absolute atomic E-state index is 12.5. The lowest BCUT2D eigenvalue weighted by molar-refractivity contribution is -0.0514. The van der Waals surface area contributed by atoms with Crippen molar-refractivity contribution in [3.05, 3.63) is 23.8 Å². The van der Waals surface area contributed by atoms with E-state index in [1.54, 1.807) is 18.2 Å². The molecule has 0 unspecified atom stereocenters. The van der Waals surface area contributed by atoms with Crippen molar-refractivity contribution >= 4 is 0 Å². The highest BCUT2D eigenvalue weighted by Gasteiger charge is 2.26. The average Bonchev–Trinajstić information content (AvgIpc) is 2.54. The van der Waals surface area contributed by atoms with Gasteiger partial charge in [0.2, 0.25) is 0 Å². The number of likely N-dealkylation sites (tertiary alicyclic amines) is 1. The van der Waals surface area contributed by atoms with Crippen LogP contribution in [-0.4, -0.2) is 42.8 Å². The second-order valence-corrected chi connectivity index (χ2v) is 7.41. The summed E-state index contributed by atoms with van der Waals surface area (Å²) in [6, 6.07) is 5.61. The Labute approximate surface area is 149 Å². The molecule has 0 aliphatic carbocycles. The molecule has 1 heterocycles. The maximum Gasteiger partial charge on any atom is 0.387 e. The molecule has 1 saturated heterocycles. The molecule has 6 heteroatoms. The Kier molecular flexibility index (Phi) is 7.02. The van der Waals surface area contributed by atoms with E-state index in [0.29, 0.717) is 24.9 Å². The van der Waals surface area contributed by atoms with Crippen LogP contribution in [0.4, 0.5) is 8.78 Å². The molecule has 1 aromatic carbocycles. The van der Waals surface area contributed by atoms with Crippen LogP contribution < -0.4 is 14.8 Å². The number of nitrogens with zero attached hydrogens (tertiary/aromatic N) is 1. The summed E-state index contributed by atoms with van der Waals surface area (Å²) in [5.41, 5.74) is 1.22. The smallest absolute Gasteiger partial charge is 0.387 e. The van der Waals surface area contributed by atoms with Crippen molar-refractivity contribution in [3.63, 3.8) is 0 Å². The Balaban J connectivity index is 1.89. The van der Waals surface area contributed by atoms with Crippen molar-refractivity contribution in [2.24, 2.45) is 0 Å². The van der Waals surface area contributed by atoms with E-state index in [1.807, 2.05) is 6.92 Å². The highest BCUT2D eigenvalue weighted by molar-refractivity contribution is 5.43. The van der Waals surface area contributed by atoms with Crippen LogP contribution in [0.25, 0.3) is 0 Å². The summed E-state index contributed by atoms with van der Waals surface area (Å²) in [6.45, 7) is 8.99. The Bertz CT molecular complexity index is 539. The Morgan fingerprint density at radius 1 is 1.20 bits per heavy atom. The molecule has 0 bridgehead atoms. The summed E-state index contributed by atoms with van der Waals surface area (Å²) in [4.78, 5) is 2.51. The van der Waals surface area contributed by atoms with E-state index in [0.717, 1.165) is 31.5 Å². The highest BCUT2D eigenvalue weighted by Crippen LogP contribution is 2.30. The molecule has 1 aliphatic rings. The van der Waals surface area contributed by atoms with Gasteiger partial charge in [0.05, 0.1) is 6.61 Å². The topological polar surface area (TPSA) is 33.7 Å². The quantitative estimate of drug-likeness (QED) is 0.799. The number of ether oxygens (including phenoxy) is 2. The third kappa shape index (κ3) is 6.12. The molecule has 1 N–H and O–H groups in total.